The minimum Gasteiger partial charge on any atom is -0.391 e. The molecule has 1 aliphatic heterocycles. The minimum atomic E-state index is -0.614. The summed E-state index contributed by atoms with van der Waals surface area (Å²) in [6.45, 7) is 7.26. The molecule has 3 N–H and O–H groups in total. The highest BCUT2D eigenvalue weighted by Crippen LogP contribution is 2.33. The average molecular weight is 403 g/mol. The summed E-state index contributed by atoms with van der Waals surface area (Å²) in [5.41, 5.74) is 0.924. The van der Waals surface area contributed by atoms with Gasteiger partial charge in [0.25, 0.3) is 0 Å². The number of nitrogens with zero attached hydrogens (tertiary/aromatic N) is 1. The maximum absolute atomic E-state index is 14.3. The first-order valence-corrected chi connectivity index (χ1v) is 9.38. The molecule has 7 heteroatoms. The van der Waals surface area contributed by atoms with Crippen molar-refractivity contribution in [3.8, 4) is 11.1 Å². The van der Waals surface area contributed by atoms with E-state index in [0.717, 1.165) is 13.0 Å². The quantitative estimate of drug-likeness (QED) is 0.714. The Bertz CT molecular complexity index is 811. The molecule has 1 saturated heterocycles. The molecule has 2 aromatic carbocycles. The first-order valence-electron chi connectivity index (χ1n) is 9.38. The van der Waals surface area contributed by atoms with Gasteiger partial charge in [-0.2, -0.15) is 0 Å². The van der Waals surface area contributed by atoms with Crippen molar-refractivity contribution in [3.63, 3.8) is 0 Å². The van der Waals surface area contributed by atoms with Crippen LogP contribution in [0.1, 0.15) is 12.8 Å². The molecule has 5 nitrogen and oxygen atoms in total. The highest BCUT2D eigenvalue weighted by atomic mass is 19.1. The van der Waals surface area contributed by atoms with Crippen LogP contribution >= 0.6 is 0 Å². The van der Waals surface area contributed by atoms with Crippen molar-refractivity contribution in [1.82, 2.24) is 10.2 Å². The molecular formula is C22H27F2N3O2. The van der Waals surface area contributed by atoms with Crippen molar-refractivity contribution in [2.24, 2.45) is 0 Å². The summed E-state index contributed by atoms with van der Waals surface area (Å²) >= 11 is 0. The number of β-amino-alcohol motifs (C(OH)–C–C–N with tert-alkyl or cyclic N) is 1. The van der Waals surface area contributed by atoms with Gasteiger partial charge in [0.2, 0.25) is 0 Å². The van der Waals surface area contributed by atoms with Crippen LogP contribution < -0.4 is 10.6 Å². The van der Waals surface area contributed by atoms with Gasteiger partial charge < -0.3 is 25.4 Å². The molecule has 3 rings (SSSR count). The SMILES string of the molecule is C=C(Nc1ccccc1-c1c(F)cccc1F)N1CCC(NC)CC(O)C1.C=O. The molecule has 0 bridgehead atoms. The lowest BCUT2D eigenvalue weighted by molar-refractivity contribution is -0.0980. The van der Waals surface area contributed by atoms with Gasteiger partial charge in [0, 0.05) is 30.4 Å². The lowest BCUT2D eigenvalue weighted by Gasteiger charge is -2.28. The largest absolute Gasteiger partial charge is 0.391 e. The Balaban J connectivity index is 0.00000145. The maximum Gasteiger partial charge on any atom is 0.134 e. The molecule has 0 amide bonds. The third-order valence-corrected chi connectivity index (χ3v) is 4.96. The van der Waals surface area contributed by atoms with E-state index in [-0.39, 0.29) is 11.6 Å². The van der Waals surface area contributed by atoms with Crippen molar-refractivity contribution in [3.05, 3.63) is 66.5 Å². The van der Waals surface area contributed by atoms with E-state index >= 15 is 0 Å². The van der Waals surface area contributed by atoms with Crippen LogP contribution in [0, 0.1) is 11.6 Å². The molecule has 2 atom stereocenters. The van der Waals surface area contributed by atoms with E-state index in [2.05, 4.69) is 17.2 Å². The number of hydrogen-bond acceptors (Lipinski definition) is 5. The monoisotopic (exact) mass is 403 g/mol. The van der Waals surface area contributed by atoms with Crippen molar-refractivity contribution in [1.29, 1.82) is 0 Å². The van der Waals surface area contributed by atoms with Gasteiger partial charge in [-0.1, -0.05) is 30.8 Å². The fraction of sp³-hybridized carbons (Fsp3) is 0.318. The van der Waals surface area contributed by atoms with E-state index in [1.807, 2.05) is 18.7 Å². The summed E-state index contributed by atoms with van der Waals surface area (Å²) in [5, 5.41) is 16.6. The van der Waals surface area contributed by atoms with Crippen LogP contribution in [0.3, 0.4) is 0 Å². The normalized spacial score (nSPS) is 19.0. The molecule has 2 aromatic rings. The second kappa shape index (κ2) is 10.7. The number of carbonyl (C=O) groups excluding carboxylic acids is 1. The van der Waals surface area contributed by atoms with Gasteiger partial charge in [0.15, 0.2) is 0 Å². The summed E-state index contributed by atoms with van der Waals surface area (Å²) in [4.78, 5) is 9.97. The number of anilines is 1. The number of nitrogens with one attached hydrogen (secondary N) is 2. The predicted octanol–water partition coefficient (Wildman–Crippen LogP) is 3.37. The van der Waals surface area contributed by atoms with Gasteiger partial charge >= 0.3 is 0 Å². The number of halogens is 2. The van der Waals surface area contributed by atoms with E-state index in [0.29, 0.717) is 30.0 Å². The Morgan fingerprint density at radius 2 is 1.79 bits per heavy atom. The van der Waals surface area contributed by atoms with Gasteiger partial charge in [-0.05, 0) is 38.1 Å². The van der Waals surface area contributed by atoms with Gasteiger partial charge in [-0.3, -0.25) is 0 Å². The van der Waals surface area contributed by atoms with E-state index in [9.17, 15) is 13.9 Å². The highest BCUT2D eigenvalue weighted by Gasteiger charge is 2.23. The molecule has 0 radical (unpaired) electrons. The molecule has 156 valence electrons. The van der Waals surface area contributed by atoms with Crippen molar-refractivity contribution in [2.75, 3.05) is 25.5 Å². The molecule has 29 heavy (non-hydrogen) atoms. The van der Waals surface area contributed by atoms with Gasteiger partial charge in [0.1, 0.15) is 18.4 Å². The summed E-state index contributed by atoms with van der Waals surface area (Å²) in [5.74, 6) is -0.635. The molecule has 0 saturated carbocycles. The number of aliphatic hydroxyl groups excluding tert-OH is 1. The standard InChI is InChI=1S/C21H25F2N3O.CH2O/c1-14(26-11-10-15(24-2)12-16(27)13-26)25-20-9-4-3-6-17(20)21-18(22)7-5-8-19(21)23;1-2/h3-9,15-16,24-25,27H,1,10-13H2,2H3;1H2. The van der Waals surface area contributed by atoms with Crippen molar-refractivity contribution >= 4 is 12.5 Å². The first-order chi connectivity index (χ1) is 14.0. The zero-order valence-corrected chi connectivity index (χ0v) is 16.5. The average Bonchev–Trinajstić information content (AvgIpc) is 2.92. The molecule has 1 fully saturated rings. The maximum atomic E-state index is 14.3. The molecule has 0 aliphatic carbocycles. The first kappa shape index (κ1) is 22.5. The Morgan fingerprint density at radius 3 is 2.45 bits per heavy atom. The number of hydrogen-bond donors (Lipinski definition) is 3. The summed E-state index contributed by atoms with van der Waals surface area (Å²) < 4.78 is 28.5. The fourth-order valence-corrected chi connectivity index (χ4v) is 3.49. The number of aliphatic hydroxyl groups is 1. The minimum absolute atomic E-state index is 0.0699. The second-order valence-electron chi connectivity index (χ2n) is 6.82. The topological polar surface area (TPSA) is 64.6 Å². The number of benzene rings is 2. The lowest BCUT2D eigenvalue weighted by atomic mass is 10.0. The Kier molecular flexibility index (Phi) is 8.30. The molecular weight excluding hydrogens is 376 g/mol. The third-order valence-electron chi connectivity index (χ3n) is 4.96. The number of rotatable bonds is 5. The fourth-order valence-electron chi connectivity index (χ4n) is 3.49. The van der Waals surface area contributed by atoms with Gasteiger partial charge in [-0.15, -0.1) is 0 Å². The Labute approximate surface area is 170 Å². The zero-order valence-electron chi connectivity index (χ0n) is 16.5. The number of carbonyl (C=O) groups is 1. The number of likely N-dealkylation sites (tertiary alicyclic amines) is 1. The van der Waals surface area contributed by atoms with Crippen LogP contribution in [0.2, 0.25) is 0 Å². The van der Waals surface area contributed by atoms with Crippen molar-refractivity contribution in [2.45, 2.75) is 25.0 Å². The summed E-state index contributed by atoms with van der Waals surface area (Å²) in [6, 6.07) is 11.1. The highest BCUT2D eigenvalue weighted by molar-refractivity contribution is 5.79. The Hall–Kier alpha value is -2.77. The molecule has 0 spiro atoms. The van der Waals surface area contributed by atoms with E-state index in [4.69, 9.17) is 4.79 Å². The summed E-state index contributed by atoms with van der Waals surface area (Å²) in [7, 11) is 1.89. The number of para-hydroxylation sites is 1. The second-order valence-corrected chi connectivity index (χ2v) is 6.82. The van der Waals surface area contributed by atoms with E-state index in [1.54, 1.807) is 24.3 Å². The molecule has 1 heterocycles. The predicted molar refractivity (Wildman–Crippen MR) is 111 cm³/mol. The van der Waals surface area contributed by atoms with Crippen LogP contribution in [0.5, 0.6) is 0 Å². The third kappa shape index (κ3) is 5.62. The van der Waals surface area contributed by atoms with E-state index < -0.39 is 17.7 Å². The van der Waals surface area contributed by atoms with Crippen LogP contribution in [0.4, 0.5) is 14.5 Å². The molecule has 2 unspecified atom stereocenters. The molecule has 0 aromatic heterocycles. The lowest BCUT2D eigenvalue weighted by Crippen LogP contribution is -2.32. The van der Waals surface area contributed by atoms with Crippen LogP contribution in [-0.2, 0) is 4.79 Å². The zero-order chi connectivity index (χ0) is 21.4. The molecule has 1 aliphatic rings. The van der Waals surface area contributed by atoms with Crippen LogP contribution in [-0.4, -0.2) is 49.1 Å². The van der Waals surface area contributed by atoms with Gasteiger partial charge in [-0.25, -0.2) is 8.78 Å². The van der Waals surface area contributed by atoms with Gasteiger partial charge in [0.05, 0.1) is 17.5 Å². The Morgan fingerprint density at radius 1 is 1.14 bits per heavy atom. The van der Waals surface area contributed by atoms with Crippen LogP contribution in [0.15, 0.2) is 54.9 Å². The van der Waals surface area contributed by atoms with Crippen molar-refractivity contribution < 1.29 is 18.7 Å². The van der Waals surface area contributed by atoms with Crippen LogP contribution in [0.25, 0.3) is 11.1 Å². The summed E-state index contributed by atoms with van der Waals surface area (Å²) in [6.07, 6.45) is 1.08. The smallest absolute Gasteiger partial charge is 0.134 e. The van der Waals surface area contributed by atoms with E-state index in [1.165, 1.54) is 18.2 Å².